The SMILES string of the molecule is COC(=O)c1cc(C)nc(NC2C3CCC2CC(OCc2c(-c4ccccc4C(F)(F)F)noc2C2CC2)C3)c1. The van der Waals surface area contributed by atoms with E-state index in [2.05, 4.69) is 15.5 Å². The van der Waals surface area contributed by atoms with Gasteiger partial charge in [-0.1, -0.05) is 23.4 Å². The first-order valence-electron chi connectivity index (χ1n) is 13.8. The van der Waals surface area contributed by atoms with Gasteiger partial charge in [-0.3, -0.25) is 0 Å². The predicted octanol–water partition coefficient (Wildman–Crippen LogP) is 6.91. The molecule has 2 atom stereocenters. The summed E-state index contributed by atoms with van der Waals surface area (Å²) >= 11 is 0. The summed E-state index contributed by atoms with van der Waals surface area (Å²) in [6.07, 6.45) is 1.15. The van der Waals surface area contributed by atoms with Crippen molar-refractivity contribution in [1.82, 2.24) is 10.1 Å². The number of aryl methyl sites for hydroxylation is 1. The molecule has 3 fully saturated rings. The van der Waals surface area contributed by atoms with Crippen LogP contribution in [0.3, 0.4) is 0 Å². The highest BCUT2D eigenvalue weighted by Crippen LogP contribution is 2.48. The van der Waals surface area contributed by atoms with Crippen LogP contribution in [0, 0.1) is 18.8 Å². The summed E-state index contributed by atoms with van der Waals surface area (Å²) < 4.78 is 58.3. The lowest BCUT2D eigenvalue weighted by molar-refractivity contribution is -0.137. The van der Waals surface area contributed by atoms with E-state index in [-0.39, 0.29) is 35.9 Å². The van der Waals surface area contributed by atoms with Gasteiger partial charge in [0, 0.05) is 28.8 Å². The summed E-state index contributed by atoms with van der Waals surface area (Å²) in [5.74, 6) is 1.83. The highest BCUT2D eigenvalue weighted by atomic mass is 19.4. The second-order valence-corrected chi connectivity index (χ2v) is 11.2. The van der Waals surface area contributed by atoms with Crippen molar-refractivity contribution in [2.75, 3.05) is 12.4 Å². The fourth-order valence-corrected chi connectivity index (χ4v) is 6.47. The third-order valence-electron chi connectivity index (χ3n) is 8.46. The molecular weight excluding hydrogens is 523 g/mol. The van der Waals surface area contributed by atoms with E-state index in [4.69, 9.17) is 14.0 Å². The average molecular weight is 556 g/mol. The topological polar surface area (TPSA) is 86.5 Å². The van der Waals surface area contributed by atoms with E-state index >= 15 is 0 Å². The van der Waals surface area contributed by atoms with Gasteiger partial charge < -0.3 is 19.3 Å². The Morgan fingerprint density at radius 2 is 1.82 bits per heavy atom. The van der Waals surface area contributed by atoms with Crippen LogP contribution in [0.2, 0.25) is 0 Å². The molecule has 2 bridgehead atoms. The fraction of sp³-hybridized carbons (Fsp3) is 0.500. The molecule has 0 amide bonds. The fourth-order valence-electron chi connectivity index (χ4n) is 6.47. The van der Waals surface area contributed by atoms with Crippen LogP contribution >= 0.6 is 0 Å². The predicted molar refractivity (Wildman–Crippen MR) is 141 cm³/mol. The van der Waals surface area contributed by atoms with Crippen molar-refractivity contribution in [3.8, 4) is 11.3 Å². The van der Waals surface area contributed by atoms with Crippen molar-refractivity contribution >= 4 is 11.8 Å². The van der Waals surface area contributed by atoms with Crippen LogP contribution in [-0.4, -0.2) is 35.4 Å². The standard InChI is InChI=1S/C30H32F3N3O4/c1-16-11-20(29(37)38-2)14-25(34-16)35-26-18-9-10-19(26)13-21(12-18)39-15-23-27(36-40-28(23)17-7-8-17)22-5-3-4-6-24(22)30(31,32)33/h3-6,11,14,17-19,21,26H,7-10,12-13,15H2,1-2H3,(H,34,35). The molecule has 2 aromatic heterocycles. The Labute approximate surface area is 230 Å². The molecule has 0 aliphatic heterocycles. The normalized spacial score (nSPS) is 24.2. The van der Waals surface area contributed by atoms with Gasteiger partial charge in [-0.25, -0.2) is 9.78 Å². The number of carbonyl (C=O) groups is 1. The number of anilines is 1. The summed E-state index contributed by atoms with van der Waals surface area (Å²) in [4.78, 5) is 16.6. The molecule has 2 unspecified atom stereocenters. The molecule has 3 aliphatic rings. The Morgan fingerprint density at radius 3 is 2.50 bits per heavy atom. The molecule has 1 N–H and O–H groups in total. The first-order chi connectivity index (χ1) is 19.2. The molecule has 0 saturated heterocycles. The maximum atomic E-state index is 13.8. The van der Waals surface area contributed by atoms with Gasteiger partial charge in [0.2, 0.25) is 0 Å². The molecule has 0 radical (unpaired) electrons. The molecular formula is C30H32F3N3O4. The van der Waals surface area contributed by atoms with Gasteiger partial charge in [-0.15, -0.1) is 0 Å². The van der Waals surface area contributed by atoms with E-state index in [0.29, 0.717) is 34.5 Å². The molecule has 212 valence electrons. The summed E-state index contributed by atoms with van der Waals surface area (Å²) in [6, 6.07) is 9.15. The second kappa shape index (κ2) is 10.5. The van der Waals surface area contributed by atoms with Crippen LogP contribution in [-0.2, 0) is 22.3 Å². The number of methoxy groups -OCH3 is 1. The zero-order chi connectivity index (χ0) is 28.0. The first kappa shape index (κ1) is 26.8. The minimum Gasteiger partial charge on any atom is -0.465 e. The summed E-state index contributed by atoms with van der Waals surface area (Å²) in [5.41, 5.74) is 1.35. The zero-order valence-corrected chi connectivity index (χ0v) is 22.5. The van der Waals surface area contributed by atoms with Crippen molar-refractivity contribution in [2.45, 2.75) is 76.3 Å². The molecule has 10 heteroatoms. The van der Waals surface area contributed by atoms with Crippen LogP contribution < -0.4 is 5.32 Å². The number of fused-ring (bicyclic) bond motifs is 2. The molecule has 7 nitrogen and oxygen atoms in total. The Hall–Kier alpha value is -3.40. The van der Waals surface area contributed by atoms with Gasteiger partial charge in [0.05, 0.1) is 30.9 Å². The lowest BCUT2D eigenvalue weighted by Crippen LogP contribution is -2.39. The van der Waals surface area contributed by atoms with Crippen molar-refractivity contribution in [3.63, 3.8) is 0 Å². The highest BCUT2D eigenvalue weighted by Gasteiger charge is 2.44. The van der Waals surface area contributed by atoms with E-state index < -0.39 is 17.7 Å². The number of ether oxygens (including phenoxy) is 2. The van der Waals surface area contributed by atoms with Crippen LogP contribution in [0.5, 0.6) is 0 Å². The zero-order valence-electron chi connectivity index (χ0n) is 22.5. The molecule has 3 aliphatic carbocycles. The molecule has 0 spiro atoms. The number of carbonyl (C=O) groups excluding carboxylic acids is 1. The third-order valence-corrected chi connectivity index (χ3v) is 8.46. The number of esters is 1. The number of aromatic nitrogens is 2. The number of halogens is 3. The van der Waals surface area contributed by atoms with Gasteiger partial charge in [-0.05, 0) is 75.5 Å². The number of nitrogens with one attached hydrogen (secondary N) is 1. The van der Waals surface area contributed by atoms with Gasteiger partial charge in [0.15, 0.2) is 0 Å². The number of rotatable bonds is 8. The van der Waals surface area contributed by atoms with E-state index in [0.717, 1.165) is 50.3 Å². The lowest BCUT2D eigenvalue weighted by atomic mass is 9.82. The summed E-state index contributed by atoms with van der Waals surface area (Å²) in [7, 11) is 1.36. The Kier molecular flexibility index (Phi) is 7.06. The van der Waals surface area contributed by atoms with Crippen LogP contribution in [0.25, 0.3) is 11.3 Å². The quantitative estimate of drug-likeness (QED) is 0.302. The largest absolute Gasteiger partial charge is 0.465 e. The minimum absolute atomic E-state index is 0.0145. The van der Waals surface area contributed by atoms with Crippen molar-refractivity contribution in [3.05, 3.63) is 64.5 Å². The molecule has 40 heavy (non-hydrogen) atoms. The number of benzene rings is 1. The Bertz CT molecular complexity index is 1390. The van der Waals surface area contributed by atoms with E-state index in [1.54, 1.807) is 18.2 Å². The van der Waals surface area contributed by atoms with Gasteiger partial charge in [-0.2, -0.15) is 13.2 Å². The number of alkyl halides is 3. The highest BCUT2D eigenvalue weighted by molar-refractivity contribution is 5.90. The van der Waals surface area contributed by atoms with Crippen LogP contribution in [0.1, 0.15) is 77.4 Å². The van der Waals surface area contributed by atoms with Crippen LogP contribution in [0.15, 0.2) is 40.9 Å². The van der Waals surface area contributed by atoms with E-state index in [1.807, 2.05) is 6.92 Å². The minimum atomic E-state index is -4.50. The third kappa shape index (κ3) is 5.33. The van der Waals surface area contributed by atoms with Crippen LogP contribution in [0.4, 0.5) is 19.0 Å². The molecule has 6 rings (SSSR count). The van der Waals surface area contributed by atoms with Gasteiger partial charge in [0.1, 0.15) is 17.3 Å². The molecule has 2 heterocycles. The first-order valence-corrected chi connectivity index (χ1v) is 13.8. The lowest BCUT2D eigenvalue weighted by Gasteiger charge is -2.36. The monoisotopic (exact) mass is 555 g/mol. The molecule has 3 aromatic rings. The number of hydrogen-bond donors (Lipinski definition) is 1. The van der Waals surface area contributed by atoms with Crippen molar-refractivity contribution < 1.29 is 32.0 Å². The second-order valence-electron chi connectivity index (χ2n) is 11.2. The van der Waals surface area contributed by atoms with Crippen molar-refractivity contribution in [2.24, 2.45) is 11.8 Å². The average Bonchev–Trinajstić information content (AvgIpc) is 3.64. The molecule has 1 aromatic carbocycles. The van der Waals surface area contributed by atoms with Gasteiger partial charge >= 0.3 is 12.1 Å². The number of pyridine rings is 1. The Morgan fingerprint density at radius 1 is 1.10 bits per heavy atom. The smallest absolute Gasteiger partial charge is 0.417 e. The Balaban J connectivity index is 1.17. The van der Waals surface area contributed by atoms with Crippen molar-refractivity contribution in [1.29, 1.82) is 0 Å². The number of nitrogens with zero attached hydrogens (tertiary/aromatic N) is 2. The van der Waals surface area contributed by atoms with E-state index in [9.17, 15) is 18.0 Å². The summed E-state index contributed by atoms with van der Waals surface area (Å²) in [5, 5.41) is 7.69. The maximum absolute atomic E-state index is 13.8. The van der Waals surface area contributed by atoms with E-state index in [1.165, 1.54) is 19.2 Å². The van der Waals surface area contributed by atoms with Gasteiger partial charge in [0.25, 0.3) is 0 Å². The summed E-state index contributed by atoms with van der Waals surface area (Å²) in [6.45, 7) is 2.01. The number of hydrogen-bond acceptors (Lipinski definition) is 7. The maximum Gasteiger partial charge on any atom is 0.417 e. The molecule has 3 saturated carbocycles.